The molecule has 0 aromatic heterocycles. The topological polar surface area (TPSA) is 49.4 Å². The van der Waals surface area contributed by atoms with Gasteiger partial charge in [-0.15, -0.1) is 0 Å². The van der Waals surface area contributed by atoms with Gasteiger partial charge < -0.3 is 0 Å². The number of hydrogen-bond acceptors (Lipinski definition) is 3. The lowest BCUT2D eigenvalue weighted by molar-refractivity contribution is -0.121. The van der Waals surface area contributed by atoms with Crippen LogP contribution in [-0.4, -0.2) is 36.3 Å². The number of amides is 2. The highest BCUT2D eigenvalue weighted by Crippen LogP contribution is 1.98. The molecule has 0 radical (unpaired) electrons. The Morgan fingerprint density at radius 2 is 1.63 bits per heavy atom. The molecule has 104 valence electrons. The van der Waals surface area contributed by atoms with E-state index in [1.807, 2.05) is 6.07 Å². The standard InChI is InChI=1S/C15H22N2O2/c1-3-10-17(11-4-2)12-14(18)16-15(19)13-8-6-5-7-9-13/h5-9H,3-4,10-12H2,1-2H3,(H,16,18,19). The number of carbonyl (C=O) groups excluding carboxylic acids is 2. The fourth-order valence-corrected chi connectivity index (χ4v) is 1.93. The summed E-state index contributed by atoms with van der Waals surface area (Å²) in [5.74, 6) is -0.575. The molecule has 0 fully saturated rings. The van der Waals surface area contributed by atoms with E-state index in [2.05, 4.69) is 24.1 Å². The molecule has 1 aromatic rings. The molecule has 4 heteroatoms. The van der Waals surface area contributed by atoms with Crippen LogP contribution in [0.5, 0.6) is 0 Å². The number of rotatable bonds is 7. The molecular weight excluding hydrogens is 240 g/mol. The number of nitrogens with zero attached hydrogens (tertiary/aromatic N) is 1. The highest BCUT2D eigenvalue weighted by molar-refractivity contribution is 6.05. The number of benzene rings is 1. The van der Waals surface area contributed by atoms with Crippen LogP contribution in [0.4, 0.5) is 0 Å². The lowest BCUT2D eigenvalue weighted by atomic mass is 10.2. The van der Waals surface area contributed by atoms with Crippen LogP contribution in [0.15, 0.2) is 30.3 Å². The fourth-order valence-electron chi connectivity index (χ4n) is 1.93. The number of imide groups is 1. The van der Waals surface area contributed by atoms with E-state index in [4.69, 9.17) is 0 Å². The predicted molar refractivity (Wildman–Crippen MR) is 75.9 cm³/mol. The van der Waals surface area contributed by atoms with E-state index >= 15 is 0 Å². The van der Waals surface area contributed by atoms with E-state index in [1.165, 1.54) is 0 Å². The molecular formula is C15H22N2O2. The monoisotopic (exact) mass is 262 g/mol. The third-order valence-corrected chi connectivity index (χ3v) is 2.74. The van der Waals surface area contributed by atoms with Crippen LogP contribution in [0, 0.1) is 0 Å². The molecule has 0 unspecified atom stereocenters. The fraction of sp³-hybridized carbons (Fsp3) is 0.467. The average molecular weight is 262 g/mol. The zero-order valence-electron chi connectivity index (χ0n) is 11.7. The molecule has 4 nitrogen and oxygen atoms in total. The molecule has 0 aliphatic heterocycles. The third kappa shape index (κ3) is 5.66. The van der Waals surface area contributed by atoms with Crippen LogP contribution in [0.1, 0.15) is 37.0 Å². The summed E-state index contributed by atoms with van der Waals surface area (Å²) in [6.45, 7) is 6.19. The van der Waals surface area contributed by atoms with Gasteiger partial charge in [-0.3, -0.25) is 19.8 Å². The smallest absolute Gasteiger partial charge is 0.257 e. The first kappa shape index (κ1) is 15.4. The van der Waals surface area contributed by atoms with Crippen molar-refractivity contribution in [1.82, 2.24) is 10.2 Å². The normalized spacial score (nSPS) is 10.5. The van der Waals surface area contributed by atoms with Gasteiger partial charge in [0.15, 0.2) is 0 Å². The van der Waals surface area contributed by atoms with Crippen LogP contribution in [-0.2, 0) is 4.79 Å². The number of nitrogens with one attached hydrogen (secondary N) is 1. The Balaban J connectivity index is 2.48. The second-order valence-electron chi connectivity index (χ2n) is 4.52. The van der Waals surface area contributed by atoms with Gasteiger partial charge in [0.1, 0.15) is 0 Å². The van der Waals surface area contributed by atoms with Gasteiger partial charge in [-0.1, -0.05) is 32.0 Å². The van der Waals surface area contributed by atoms with Gasteiger partial charge in [0.25, 0.3) is 5.91 Å². The summed E-state index contributed by atoms with van der Waals surface area (Å²) in [7, 11) is 0. The zero-order valence-corrected chi connectivity index (χ0v) is 11.7. The maximum atomic E-state index is 11.8. The molecule has 2 amide bonds. The average Bonchev–Trinajstić information content (AvgIpc) is 2.40. The van der Waals surface area contributed by atoms with Gasteiger partial charge in [0.2, 0.25) is 5.91 Å². The first-order chi connectivity index (χ1) is 9.17. The summed E-state index contributed by atoms with van der Waals surface area (Å²) in [6.07, 6.45) is 2.00. The molecule has 1 rings (SSSR count). The molecule has 1 N–H and O–H groups in total. The summed E-state index contributed by atoms with van der Waals surface area (Å²) in [6, 6.07) is 8.78. The largest absolute Gasteiger partial charge is 0.295 e. The van der Waals surface area contributed by atoms with Crippen molar-refractivity contribution in [2.45, 2.75) is 26.7 Å². The Labute approximate surface area is 114 Å². The lowest BCUT2D eigenvalue weighted by Crippen LogP contribution is -2.40. The van der Waals surface area contributed by atoms with Crippen LogP contribution in [0.3, 0.4) is 0 Å². The SMILES string of the molecule is CCCN(CCC)CC(=O)NC(=O)c1ccccc1. The summed E-state index contributed by atoms with van der Waals surface area (Å²) in [5, 5.41) is 2.42. The minimum Gasteiger partial charge on any atom is -0.295 e. The van der Waals surface area contributed by atoms with Crippen molar-refractivity contribution in [3.8, 4) is 0 Å². The van der Waals surface area contributed by atoms with E-state index < -0.39 is 0 Å². The first-order valence-corrected chi connectivity index (χ1v) is 6.79. The van der Waals surface area contributed by atoms with Gasteiger partial charge in [-0.05, 0) is 38.1 Å². The van der Waals surface area contributed by atoms with Gasteiger partial charge in [0, 0.05) is 5.56 Å². The summed E-state index contributed by atoms with van der Waals surface area (Å²) in [5.41, 5.74) is 0.508. The molecule has 19 heavy (non-hydrogen) atoms. The van der Waals surface area contributed by atoms with E-state index in [0.717, 1.165) is 25.9 Å². The summed E-state index contributed by atoms with van der Waals surface area (Å²) >= 11 is 0. The Kier molecular flexibility index (Phi) is 6.82. The van der Waals surface area contributed by atoms with Crippen molar-refractivity contribution in [3.05, 3.63) is 35.9 Å². The molecule has 0 aliphatic carbocycles. The molecule has 0 spiro atoms. The molecule has 0 heterocycles. The van der Waals surface area contributed by atoms with E-state index in [0.29, 0.717) is 5.56 Å². The zero-order chi connectivity index (χ0) is 14.1. The van der Waals surface area contributed by atoms with Crippen LogP contribution in [0.2, 0.25) is 0 Å². The van der Waals surface area contributed by atoms with E-state index in [9.17, 15) is 9.59 Å². The second kappa shape index (κ2) is 8.43. The van der Waals surface area contributed by atoms with E-state index in [-0.39, 0.29) is 18.4 Å². The van der Waals surface area contributed by atoms with E-state index in [1.54, 1.807) is 24.3 Å². The molecule has 1 aromatic carbocycles. The maximum Gasteiger partial charge on any atom is 0.257 e. The molecule has 0 bridgehead atoms. The Morgan fingerprint density at radius 3 is 2.16 bits per heavy atom. The van der Waals surface area contributed by atoms with Crippen molar-refractivity contribution in [3.63, 3.8) is 0 Å². The Morgan fingerprint density at radius 1 is 1.05 bits per heavy atom. The minimum atomic E-state index is -0.335. The first-order valence-electron chi connectivity index (χ1n) is 6.79. The predicted octanol–water partition coefficient (Wildman–Crippen LogP) is 2.06. The Bertz CT molecular complexity index is 398. The van der Waals surface area contributed by atoms with Crippen molar-refractivity contribution in [2.75, 3.05) is 19.6 Å². The van der Waals surface area contributed by atoms with Crippen LogP contribution < -0.4 is 5.32 Å². The summed E-state index contributed by atoms with van der Waals surface area (Å²) < 4.78 is 0. The number of carbonyl (C=O) groups is 2. The van der Waals surface area contributed by atoms with Crippen molar-refractivity contribution >= 4 is 11.8 Å². The number of hydrogen-bond donors (Lipinski definition) is 1. The molecule has 0 atom stereocenters. The van der Waals surface area contributed by atoms with Gasteiger partial charge >= 0.3 is 0 Å². The second-order valence-corrected chi connectivity index (χ2v) is 4.52. The third-order valence-electron chi connectivity index (χ3n) is 2.74. The summed E-state index contributed by atoms with van der Waals surface area (Å²) in [4.78, 5) is 25.7. The molecule has 0 saturated carbocycles. The van der Waals surface area contributed by atoms with Gasteiger partial charge in [0.05, 0.1) is 6.54 Å². The van der Waals surface area contributed by atoms with Gasteiger partial charge in [-0.2, -0.15) is 0 Å². The molecule has 0 saturated heterocycles. The molecule has 0 aliphatic rings. The van der Waals surface area contributed by atoms with Crippen LogP contribution >= 0.6 is 0 Å². The Hall–Kier alpha value is -1.68. The van der Waals surface area contributed by atoms with Crippen molar-refractivity contribution in [1.29, 1.82) is 0 Å². The van der Waals surface area contributed by atoms with Crippen LogP contribution in [0.25, 0.3) is 0 Å². The van der Waals surface area contributed by atoms with Crippen molar-refractivity contribution < 1.29 is 9.59 Å². The highest BCUT2D eigenvalue weighted by Gasteiger charge is 2.13. The highest BCUT2D eigenvalue weighted by atomic mass is 16.2. The van der Waals surface area contributed by atoms with Crippen molar-refractivity contribution in [2.24, 2.45) is 0 Å². The quantitative estimate of drug-likeness (QED) is 0.818. The lowest BCUT2D eigenvalue weighted by Gasteiger charge is -2.19. The maximum absolute atomic E-state index is 11.8. The minimum absolute atomic E-state index is 0.240. The van der Waals surface area contributed by atoms with Gasteiger partial charge in [-0.25, -0.2) is 0 Å².